The molecule has 6 heteroatoms. The van der Waals surface area contributed by atoms with Gasteiger partial charge in [0.1, 0.15) is 0 Å². The number of ether oxygens (including phenoxy) is 2. The van der Waals surface area contributed by atoms with Gasteiger partial charge in [-0.15, -0.1) is 0 Å². The largest absolute Gasteiger partial charge is 0.490 e. The van der Waals surface area contributed by atoms with Gasteiger partial charge in [0.25, 0.3) is 0 Å². The zero-order valence-corrected chi connectivity index (χ0v) is 18.7. The Labute approximate surface area is 166 Å². The lowest BCUT2D eigenvalue weighted by Gasteiger charge is -2.35. The highest BCUT2D eigenvalue weighted by atomic mass is 79.9. The second-order valence-corrected chi connectivity index (χ2v) is 8.30. The molecule has 1 aromatic carbocycles. The molecular weight excluding hydrogens is 396 g/mol. The van der Waals surface area contributed by atoms with Crippen LogP contribution in [0.1, 0.15) is 40.2 Å². The van der Waals surface area contributed by atoms with E-state index >= 15 is 0 Å². The molecule has 1 amide bonds. The Bertz CT molecular complexity index is 603. The molecule has 0 saturated heterocycles. The molecule has 148 valence electrons. The lowest BCUT2D eigenvalue weighted by molar-refractivity contribution is -0.121. The Morgan fingerprint density at radius 2 is 1.73 bits per heavy atom. The summed E-state index contributed by atoms with van der Waals surface area (Å²) in [5, 5.41) is 3.13. The molecule has 1 N–H and O–H groups in total. The van der Waals surface area contributed by atoms with Crippen molar-refractivity contribution in [3.05, 3.63) is 22.2 Å². The van der Waals surface area contributed by atoms with Crippen molar-refractivity contribution in [3.63, 3.8) is 0 Å². The van der Waals surface area contributed by atoms with Gasteiger partial charge in [0, 0.05) is 17.1 Å². The summed E-state index contributed by atoms with van der Waals surface area (Å²) in [5.41, 5.74) is 0.859. The predicted molar refractivity (Wildman–Crippen MR) is 110 cm³/mol. The van der Waals surface area contributed by atoms with Crippen molar-refractivity contribution in [2.24, 2.45) is 5.41 Å². The highest BCUT2D eigenvalue weighted by Gasteiger charge is 2.28. The van der Waals surface area contributed by atoms with Gasteiger partial charge in [0.2, 0.25) is 5.91 Å². The van der Waals surface area contributed by atoms with Crippen LogP contribution in [-0.2, 0) is 11.2 Å². The minimum atomic E-state index is -0.0221. The van der Waals surface area contributed by atoms with Crippen molar-refractivity contribution in [1.29, 1.82) is 0 Å². The Morgan fingerprint density at radius 1 is 1.19 bits per heavy atom. The number of nitrogens with zero attached hydrogens (tertiary/aromatic N) is 1. The monoisotopic (exact) mass is 428 g/mol. The van der Waals surface area contributed by atoms with E-state index in [0.29, 0.717) is 24.7 Å². The Kier molecular flexibility index (Phi) is 8.90. The van der Waals surface area contributed by atoms with E-state index in [2.05, 4.69) is 46.9 Å². The lowest BCUT2D eigenvalue weighted by atomic mass is 9.85. The number of halogens is 1. The van der Waals surface area contributed by atoms with E-state index in [0.717, 1.165) is 16.6 Å². The molecule has 0 aromatic heterocycles. The average molecular weight is 429 g/mol. The van der Waals surface area contributed by atoms with Crippen LogP contribution in [0.2, 0.25) is 0 Å². The van der Waals surface area contributed by atoms with Crippen LogP contribution in [0.5, 0.6) is 11.5 Å². The second kappa shape index (κ2) is 10.2. The van der Waals surface area contributed by atoms with E-state index in [4.69, 9.17) is 9.47 Å². The molecule has 1 rings (SSSR count). The van der Waals surface area contributed by atoms with Crippen molar-refractivity contribution in [2.45, 2.75) is 47.1 Å². The van der Waals surface area contributed by atoms with Crippen LogP contribution in [0.25, 0.3) is 0 Å². The Morgan fingerprint density at radius 3 is 2.23 bits per heavy atom. The molecule has 0 heterocycles. The van der Waals surface area contributed by atoms with Gasteiger partial charge in [-0.3, -0.25) is 4.79 Å². The quantitative estimate of drug-likeness (QED) is 0.614. The zero-order valence-electron chi connectivity index (χ0n) is 17.1. The zero-order chi connectivity index (χ0) is 19.9. The number of amides is 1. The fourth-order valence-corrected chi connectivity index (χ4v) is 3.32. The molecule has 0 radical (unpaired) electrons. The van der Waals surface area contributed by atoms with Gasteiger partial charge in [0.15, 0.2) is 11.5 Å². The minimum Gasteiger partial charge on any atom is -0.490 e. The molecule has 1 aromatic rings. The first-order valence-electron chi connectivity index (χ1n) is 9.12. The molecular formula is C20H33BrN2O3. The number of nitrogens with one attached hydrogen (secondary N) is 1. The van der Waals surface area contributed by atoms with Crippen LogP contribution in [-0.4, -0.2) is 50.7 Å². The van der Waals surface area contributed by atoms with Crippen LogP contribution in [0.4, 0.5) is 0 Å². The lowest BCUT2D eigenvalue weighted by Crippen LogP contribution is -2.47. The summed E-state index contributed by atoms with van der Waals surface area (Å²) >= 11 is 3.55. The summed E-state index contributed by atoms with van der Waals surface area (Å²) in [6, 6.07) is 3.81. The third kappa shape index (κ3) is 6.80. The molecule has 0 spiro atoms. The molecule has 26 heavy (non-hydrogen) atoms. The average Bonchev–Trinajstić information content (AvgIpc) is 2.50. The molecule has 0 aliphatic carbocycles. The summed E-state index contributed by atoms with van der Waals surface area (Å²) in [6.45, 7) is 12.3. The fraction of sp³-hybridized carbons (Fsp3) is 0.650. The topological polar surface area (TPSA) is 50.8 Å². The van der Waals surface area contributed by atoms with E-state index in [1.165, 1.54) is 0 Å². The summed E-state index contributed by atoms with van der Waals surface area (Å²) in [5.74, 6) is 1.35. The number of carbonyl (C=O) groups excluding carboxylic acids is 1. The maximum atomic E-state index is 12.6. The first-order valence-corrected chi connectivity index (χ1v) is 9.92. The normalized spacial score (nSPS) is 12.8. The van der Waals surface area contributed by atoms with Crippen LogP contribution in [0.3, 0.4) is 0 Å². The summed E-state index contributed by atoms with van der Waals surface area (Å²) in [7, 11) is 4.09. The molecule has 0 saturated carbocycles. The molecule has 0 fully saturated rings. The third-order valence-electron chi connectivity index (χ3n) is 4.34. The van der Waals surface area contributed by atoms with E-state index < -0.39 is 0 Å². The maximum absolute atomic E-state index is 12.6. The number of rotatable bonds is 10. The van der Waals surface area contributed by atoms with E-state index in [9.17, 15) is 4.79 Å². The van der Waals surface area contributed by atoms with E-state index in [1.54, 1.807) is 0 Å². The first kappa shape index (κ1) is 22.8. The highest BCUT2D eigenvalue weighted by molar-refractivity contribution is 9.10. The summed E-state index contributed by atoms with van der Waals surface area (Å²) in [6.07, 6.45) is 0.287. The number of hydrogen-bond acceptors (Lipinski definition) is 4. The molecule has 0 bridgehead atoms. The standard InChI is InChI=1S/C20H33BrN2O3/c1-8-25-17-10-15(16(21)12-18(17)26-9-2)11-19(24)22-14(3)20(4,5)13-23(6)7/h10,12,14H,8-9,11,13H2,1-7H3,(H,22,24)/t14-/m1/s1. The van der Waals surface area contributed by atoms with Gasteiger partial charge >= 0.3 is 0 Å². The predicted octanol–water partition coefficient (Wildman–Crippen LogP) is 3.88. The summed E-state index contributed by atoms with van der Waals surface area (Å²) in [4.78, 5) is 14.7. The van der Waals surface area contributed by atoms with Crippen molar-refractivity contribution in [3.8, 4) is 11.5 Å². The van der Waals surface area contributed by atoms with Gasteiger partial charge < -0.3 is 19.7 Å². The number of hydrogen-bond donors (Lipinski definition) is 1. The summed E-state index contributed by atoms with van der Waals surface area (Å²) < 4.78 is 12.1. The molecule has 1 atom stereocenters. The molecule has 0 unspecified atom stereocenters. The van der Waals surface area contributed by atoms with Crippen molar-refractivity contribution in [1.82, 2.24) is 10.2 Å². The first-order chi connectivity index (χ1) is 12.1. The smallest absolute Gasteiger partial charge is 0.224 e. The SMILES string of the molecule is CCOc1cc(Br)c(CC(=O)N[C@H](C)C(C)(C)CN(C)C)cc1OCC. The van der Waals surface area contributed by atoms with Crippen molar-refractivity contribution >= 4 is 21.8 Å². The van der Waals surface area contributed by atoms with Gasteiger partial charge in [-0.05, 0) is 58.0 Å². The number of benzene rings is 1. The molecule has 0 aliphatic rings. The van der Waals surface area contributed by atoms with Crippen LogP contribution in [0, 0.1) is 5.41 Å². The Hall–Kier alpha value is -1.27. The van der Waals surface area contributed by atoms with Gasteiger partial charge in [-0.2, -0.15) is 0 Å². The van der Waals surface area contributed by atoms with E-state index in [1.807, 2.05) is 40.1 Å². The van der Waals surface area contributed by atoms with Crippen LogP contribution in [0.15, 0.2) is 16.6 Å². The fourth-order valence-electron chi connectivity index (χ4n) is 2.86. The molecule has 5 nitrogen and oxygen atoms in total. The van der Waals surface area contributed by atoms with E-state index in [-0.39, 0.29) is 23.8 Å². The maximum Gasteiger partial charge on any atom is 0.224 e. The van der Waals surface area contributed by atoms with Gasteiger partial charge in [0.05, 0.1) is 19.6 Å². The van der Waals surface area contributed by atoms with Crippen LogP contribution < -0.4 is 14.8 Å². The van der Waals surface area contributed by atoms with Gasteiger partial charge in [-0.25, -0.2) is 0 Å². The molecule has 0 aliphatic heterocycles. The third-order valence-corrected chi connectivity index (χ3v) is 5.08. The van der Waals surface area contributed by atoms with Gasteiger partial charge in [-0.1, -0.05) is 29.8 Å². The van der Waals surface area contributed by atoms with Crippen molar-refractivity contribution < 1.29 is 14.3 Å². The highest BCUT2D eigenvalue weighted by Crippen LogP contribution is 2.34. The van der Waals surface area contributed by atoms with Crippen LogP contribution >= 0.6 is 15.9 Å². The minimum absolute atomic E-state index is 0.00311. The Balaban J connectivity index is 2.87. The van der Waals surface area contributed by atoms with Crippen molar-refractivity contribution in [2.75, 3.05) is 33.9 Å². The number of carbonyl (C=O) groups is 1. The second-order valence-electron chi connectivity index (χ2n) is 7.45.